The van der Waals surface area contributed by atoms with Gasteiger partial charge in [-0.25, -0.2) is 0 Å². The van der Waals surface area contributed by atoms with Crippen molar-refractivity contribution >= 4 is 27.5 Å². The average molecular weight is 330 g/mol. The summed E-state index contributed by atoms with van der Waals surface area (Å²) in [5, 5.41) is 0. The number of hydrogen-bond acceptors (Lipinski definition) is 1. The van der Waals surface area contributed by atoms with E-state index in [9.17, 15) is 4.79 Å². The number of rotatable bonds is 2. The standard InChI is InChI=1S/C17H16BrNO/c1-19-15-9-7-14(11-13(15)8-10-16(19)20)17(18)12-5-3-2-4-6-12/h2-7,9,11,17H,8,10H2,1H3. The second-order valence-electron chi connectivity index (χ2n) is 5.11. The summed E-state index contributed by atoms with van der Waals surface area (Å²) >= 11 is 3.77. The Morgan fingerprint density at radius 1 is 1.05 bits per heavy atom. The van der Waals surface area contributed by atoms with E-state index in [1.165, 1.54) is 16.7 Å². The number of benzene rings is 2. The van der Waals surface area contributed by atoms with E-state index >= 15 is 0 Å². The molecule has 0 fully saturated rings. The van der Waals surface area contributed by atoms with Gasteiger partial charge in [-0.3, -0.25) is 4.79 Å². The zero-order valence-corrected chi connectivity index (χ0v) is 12.9. The highest BCUT2D eigenvalue weighted by Gasteiger charge is 2.22. The molecule has 3 rings (SSSR count). The minimum absolute atomic E-state index is 0.192. The molecule has 0 aromatic heterocycles. The van der Waals surface area contributed by atoms with Crippen LogP contribution in [0.2, 0.25) is 0 Å². The summed E-state index contributed by atoms with van der Waals surface area (Å²) in [4.78, 5) is 13.7. The van der Waals surface area contributed by atoms with E-state index in [4.69, 9.17) is 0 Å². The van der Waals surface area contributed by atoms with Gasteiger partial charge in [0.05, 0.1) is 4.83 Å². The van der Waals surface area contributed by atoms with Gasteiger partial charge in [0.25, 0.3) is 0 Å². The Balaban J connectivity index is 1.95. The van der Waals surface area contributed by atoms with Crippen molar-refractivity contribution in [1.29, 1.82) is 0 Å². The van der Waals surface area contributed by atoms with Gasteiger partial charge in [0.15, 0.2) is 0 Å². The summed E-state index contributed by atoms with van der Waals surface area (Å²) in [5.74, 6) is 0.198. The normalized spacial score (nSPS) is 15.9. The van der Waals surface area contributed by atoms with Gasteiger partial charge in [0, 0.05) is 19.2 Å². The third-order valence-corrected chi connectivity index (χ3v) is 4.89. The average Bonchev–Trinajstić information content (AvgIpc) is 2.51. The lowest BCUT2D eigenvalue weighted by atomic mass is 9.96. The first-order valence-electron chi connectivity index (χ1n) is 6.75. The van der Waals surface area contributed by atoms with E-state index in [0.717, 1.165) is 12.1 Å². The Bertz CT molecular complexity index is 639. The number of aryl methyl sites for hydroxylation is 1. The third-order valence-electron chi connectivity index (χ3n) is 3.83. The van der Waals surface area contributed by atoms with Crippen LogP contribution in [-0.4, -0.2) is 13.0 Å². The van der Waals surface area contributed by atoms with Crippen molar-refractivity contribution in [2.75, 3.05) is 11.9 Å². The zero-order valence-electron chi connectivity index (χ0n) is 11.3. The Morgan fingerprint density at radius 2 is 1.80 bits per heavy atom. The van der Waals surface area contributed by atoms with Crippen LogP contribution in [0.5, 0.6) is 0 Å². The molecule has 1 aliphatic heterocycles. The van der Waals surface area contributed by atoms with Crippen LogP contribution in [0.3, 0.4) is 0 Å². The zero-order chi connectivity index (χ0) is 14.1. The van der Waals surface area contributed by atoms with Crippen molar-refractivity contribution in [3.8, 4) is 0 Å². The lowest BCUT2D eigenvalue weighted by Crippen LogP contribution is -2.31. The van der Waals surface area contributed by atoms with Crippen molar-refractivity contribution in [1.82, 2.24) is 0 Å². The molecule has 0 aliphatic carbocycles. The first kappa shape index (κ1) is 13.4. The first-order valence-corrected chi connectivity index (χ1v) is 7.67. The number of carbonyl (C=O) groups is 1. The maximum absolute atomic E-state index is 11.7. The fourth-order valence-corrected chi connectivity index (χ4v) is 3.24. The molecule has 0 bridgehead atoms. The van der Waals surface area contributed by atoms with Crippen LogP contribution in [0, 0.1) is 0 Å². The SMILES string of the molecule is CN1C(=O)CCc2cc(C(Br)c3ccccc3)ccc21. The van der Waals surface area contributed by atoms with Crippen LogP contribution in [0.25, 0.3) is 0 Å². The van der Waals surface area contributed by atoms with Gasteiger partial charge in [-0.1, -0.05) is 58.4 Å². The van der Waals surface area contributed by atoms with Crippen LogP contribution >= 0.6 is 15.9 Å². The maximum Gasteiger partial charge on any atom is 0.227 e. The number of nitrogens with zero attached hydrogens (tertiary/aromatic N) is 1. The number of carbonyl (C=O) groups excluding carboxylic acids is 1. The van der Waals surface area contributed by atoms with Crippen LogP contribution in [0.1, 0.15) is 27.9 Å². The highest BCUT2D eigenvalue weighted by Crippen LogP contribution is 2.35. The molecule has 1 unspecified atom stereocenters. The molecule has 20 heavy (non-hydrogen) atoms. The van der Waals surface area contributed by atoms with E-state index < -0.39 is 0 Å². The monoisotopic (exact) mass is 329 g/mol. The fraction of sp³-hybridized carbons (Fsp3) is 0.235. The lowest BCUT2D eigenvalue weighted by molar-refractivity contribution is -0.118. The Hall–Kier alpha value is -1.61. The molecule has 1 atom stereocenters. The van der Waals surface area contributed by atoms with Crippen LogP contribution < -0.4 is 4.90 Å². The van der Waals surface area contributed by atoms with E-state index in [1.54, 1.807) is 4.90 Å². The molecule has 3 heteroatoms. The van der Waals surface area contributed by atoms with E-state index in [2.05, 4.69) is 58.4 Å². The molecule has 2 aromatic rings. The predicted octanol–water partition coefficient (Wildman–Crippen LogP) is 4.08. The Kier molecular flexibility index (Phi) is 3.62. The number of amides is 1. The van der Waals surface area contributed by atoms with Gasteiger partial charge >= 0.3 is 0 Å². The first-order chi connectivity index (χ1) is 9.66. The number of hydrogen-bond donors (Lipinski definition) is 0. The minimum atomic E-state index is 0.192. The summed E-state index contributed by atoms with van der Waals surface area (Å²) in [6.07, 6.45) is 1.44. The summed E-state index contributed by atoms with van der Waals surface area (Å²) in [5.41, 5.74) is 4.77. The van der Waals surface area contributed by atoms with Gasteiger partial charge < -0.3 is 4.90 Å². The molecule has 0 saturated carbocycles. The molecule has 1 heterocycles. The van der Waals surface area contributed by atoms with Crippen LogP contribution in [0.4, 0.5) is 5.69 Å². The topological polar surface area (TPSA) is 20.3 Å². The van der Waals surface area contributed by atoms with Gasteiger partial charge in [-0.05, 0) is 29.2 Å². The van der Waals surface area contributed by atoms with E-state index in [-0.39, 0.29) is 10.7 Å². The second kappa shape index (κ2) is 5.41. The van der Waals surface area contributed by atoms with Gasteiger partial charge in [0.1, 0.15) is 0 Å². The number of anilines is 1. The van der Waals surface area contributed by atoms with Crippen molar-refractivity contribution < 1.29 is 4.79 Å². The maximum atomic E-state index is 11.7. The molecule has 0 radical (unpaired) electrons. The van der Waals surface area contributed by atoms with Crippen molar-refractivity contribution in [3.05, 3.63) is 65.2 Å². The Morgan fingerprint density at radius 3 is 2.55 bits per heavy atom. The summed E-state index contributed by atoms with van der Waals surface area (Å²) in [6.45, 7) is 0. The molecular formula is C17H16BrNO. The van der Waals surface area contributed by atoms with Crippen molar-refractivity contribution in [3.63, 3.8) is 0 Å². The molecule has 1 aliphatic rings. The number of halogens is 1. The third kappa shape index (κ3) is 2.38. The molecular weight excluding hydrogens is 314 g/mol. The smallest absolute Gasteiger partial charge is 0.227 e. The summed E-state index contributed by atoms with van der Waals surface area (Å²) in [6, 6.07) is 16.7. The van der Waals surface area contributed by atoms with E-state index in [1.807, 2.05) is 13.1 Å². The van der Waals surface area contributed by atoms with Crippen molar-refractivity contribution in [2.24, 2.45) is 0 Å². The van der Waals surface area contributed by atoms with Gasteiger partial charge in [-0.15, -0.1) is 0 Å². The minimum Gasteiger partial charge on any atom is -0.315 e. The number of fused-ring (bicyclic) bond motifs is 1. The van der Waals surface area contributed by atoms with Crippen molar-refractivity contribution in [2.45, 2.75) is 17.7 Å². The predicted molar refractivity (Wildman–Crippen MR) is 85.4 cm³/mol. The molecule has 1 amide bonds. The van der Waals surface area contributed by atoms with E-state index in [0.29, 0.717) is 6.42 Å². The molecule has 0 N–H and O–H groups in total. The fourth-order valence-electron chi connectivity index (χ4n) is 2.65. The Labute approximate surface area is 127 Å². The van der Waals surface area contributed by atoms with Crippen LogP contribution in [-0.2, 0) is 11.2 Å². The molecule has 0 saturated heterocycles. The molecule has 2 nitrogen and oxygen atoms in total. The second-order valence-corrected chi connectivity index (χ2v) is 6.03. The quantitative estimate of drug-likeness (QED) is 0.760. The largest absolute Gasteiger partial charge is 0.315 e. The number of alkyl halides is 1. The highest BCUT2D eigenvalue weighted by molar-refractivity contribution is 9.09. The molecule has 0 spiro atoms. The summed E-state index contributed by atoms with van der Waals surface area (Å²) < 4.78 is 0. The highest BCUT2D eigenvalue weighted by atomic mass is 79.9. The lowest BCUT2D eigenvalue weighted by Gasteiger charge is -2.26. The van der Waals surface area contributed by atoms with Crippen LogP contribution in [0.15, 0.2) is 48.5 Å². The molecule has 2 aromatic carbocycles. The summed E-state index contributed by atoms with van der Waals surface area (Å²) in [7, 11) is 1.85. The van der Waals surface area contributed by atoms with Gasteiger partial charge in [0.2, 0.25) is 5.91 Å². The van der Waals surface area contributed by atoms with Gasteiger partial charge in [-0.2, -0.15) is 0 Å². The molecule has 102 valence electrons.